The summed E-state index contributed by atoms with van der Waals surface area (Å²) in [4.78, 5) is 8.91. The molecule has 0 unspecified atom stereocenters. The van der Waals surface area contributed by atoms with Crippen LogP contribution in [0.2, 0.25) is 0 Å². The average Bonchev–Trinajstić information content (AvgIpc) is 3.28. The lowest BCUT2D eigenvalue weighted by atomic mass is 10.0. The zero-order valence-electron chi connectivity index (χ0n) is 16.1. The normalized spacial score (nSPS) is 10.9. The summed E-state index contributed by atoms with van der Waals surface area (Å²) in [5, 5.41) is 17.3. The van der Waals surface area contributed by atoms with Gasteiger partial charge in [0, 0.05) is 36.6 Å². The molecular formula is C24H19N5O. The van der Waals surface area contributed by atoms with E-state index in [1.54, 1.807) is 29.0 Å². The van der Waals surface area contributed by atoms with Crippen molar-refractivity contribution < 1.29 is 5.11 Å². The third-order valence-corrected chi connectivity index (χ3v) is 4.94. The summed E-state index contributed by atoms with van der Waals surface area (Å²) in [6.45, 7) is 0.645. The highest BCUT2D eigenvalue weighted by Gasteiger charge is 2.09. The first-order valence-corrected chi connectivity index (χ1v) is 9.64. The van der Waals surface area contributed by atoms with Crippen LogP contribution in [0, 0.1) is 0 Å². The molecule has 0 atom stereocenters. The Morgan fingerprint density at radius 3 is 2.30 bits per heavy atom. The second kappa shape index (κ2) is 7.67. The van der Waals surface area contributed by atoms with E-state index in [1.807, 2.05) is 42.6 Å². The second-order valence-electron chi connectivity index (χ2n) is 6.97. The lowest BCUT2D eigenvalue weighted by Crippen LogP contribution is -2.06. The van der Waals surface area contributed by atoms with Gasteiger partial charge in [-0.05, 0) is 34.9 Å². The van der Waals surface area contributed by atoms with Crippen LogP contribution in [0.1, 0.15) is 5.56 Å². The zero-order chi connectivity index (χ0) is 20.3. The van der Waals surface area contributed by atoms with Crippen LogP contribution in [-0.4, -0.2) is 24.7 Å². The van der Waals surface area contributed by atoms with E-state index in [2.05, 4.69) is 39.7 Å². The van der Waals surface area contributed by atoms with Crippen molar-refractivity contribution in [2.45, 2.75) is 6.54 Å². The third kappa shape index (κ3) is 3.58. The fraction of sp³-hybridized carbons (Fsp3) is 0.0417. The predicted octanol–water partition coefficient (Wildman–Crippen LogP) is 4.78. The van der Waals surface area contributed by atoms with Crippen LogP contribution in [-0.2, 0) is 6.54 Å². The van der Waals surface area contributed by atoms with Crippen molar-refractivity contribution in [2.24, 2.45) is 0 Å². The van der Waals surface area contributed by atoms with Crippen LogP contribution in [0.25, 0.3) is 28.0 Å². The van der Waals surface area contributed by atoms with Crippen LogP contribution >= 0.6 is 0 Å². The van der Waals surface area contributed by atoms with E-state index in [1.165, 1.54) is 0 Å². The van der Waals surface area contributed by atoms with Crippen molar-refractivity contribution in [1.82, 2.24) is 19.6 Å². The van der Waals surface area contributed by atoms with Gasteiger partial charge in [-0.3, -0.25) is 4.98 Å². The number of fused-ring (bicyclic) bond motifs is 1. The van der Waals surface area contributed by atoms with E-state index in [-0.39, 0.29) is 5.75 Å². The first-order chi connectivity index (χ1) is 14.8. The molecule has 2 N–H and O–H groups in total. The Bertz CT molecular complexity index is 1280. The molecule has 6 nitrogen and oxygen atoms in total. The van der Waals surface area contributed by atoms with Gasteiger partial charge in [-0.1, -0.05) is 42.5 Å². The number of aromatic hydroxyl groups is 1. The zero-order valence-corrected chi connectivity index (χ0v) is 16.1. The van der Waals surface area contributed by atoms with Gasteiger partial charge in [0.25, 0.3) is 0 Å². The van der Waals surface area contributed by atoms with Crippen molar-refractivity contribution in [3.05, 3.63) is 97.0 Å². The molecule has 0 aliphatic heterocycles. The Kier molecular flexibility index (Phi) is 4.57. The Morgan fingerprint density at radius 1 is 0.833 bits per heavy atom. The molecule has 0 spiro atoms. The Balaban J connectivity index is 1.46. The summed E-state index contributed by atoms with van der Waals surface area (Å²) in [5.41, 5.74) is 5.90. The highest BCUT2D eigenvalue weighted by atomic mass is 16.3. The van der Waals surface area contributed by atoms with Crippen molar-refractivity contribution in [3.63, 3.8) is 0 Å². The molecule has 0 saturated heterocycles. The van der Waals surface area contributed by atoms with Crippen LogP contribution < -0.4 is 5.32 Å². The number of hydrogen-bond acceptors (Lipinski definition) is 5. The fourth-order valence-corrected chi connectivity index (χ4v) is 3.37. The number of aromatic nitrogens is 4. The van der Waals surface area contributed by atoms with E-state index >= 15 is 0 Å². The summed E-state index contributed by atoms with van der Waals surface area (Å²) in [7, 11) is 0. The molecule has 3 aromatic heterocycles. The molecule has 5 rings (SSSR count). The molecule has 0 radical (unpaired) electrons. The number of hydrogen-bond donors (Lipinski definition) is 2. The highest BCUT2D eigenvalue weighted by molar-refractivity contribution is 5.71. The minimum atomic E-state index is 0.264. The lowest BCUT2D eigenvalue weighted by Gasteiger charge is -2.11. The maximum Gasteiger partial charge on any atom is 0.157 e. The molecule has 30 heavy (non-hydrogen) atoms. The van der Waals surface area contributed by atoms with Gasteiger partial charge in [-0.15, -0.1) is 0 Å². The highest BCUT2D eigenvalue weighted by Crippen LogP contribution is 2.27. The van der Waals surface area contributed by atoms with Crippen molar-refractivity contribution in [3.8, 4) is 28.1 Å². The van der Waals surface area contributed by atoms with E-state index in [0.29, 0.717) is 6.54 Å². The number of pyridine rings is 1. The van der Waals surface area contributed by atoms with Crippen LogP contribution in [0.4, 0.5) is 5.82 Å². The molecule has 0 amide bonds. The monoisotopic (exact) mass is 393 g/mol. The van der Waals surface area contributed by atoms with E-state index in [4.69, 9.17) is 4.98 Å². The quantitative estimate of drug-likeness (QED) is 0.450. The van der Waals surface area contributed by atoms with Crippen molar-refractivity contribution in [2.75, 3.05) is 5.32 Å². The van der Waals surface area contributed by atoms with Gasteiger partial charge in [0.05, 0.1) is 11.9 Å². The number of nitrogens with zero attached hydrogens (tertiary/aromatic N) is 4. The molecule has 0 aliphatic carbocycles. The van der Waals surface area contributed by atoms with Gasteiger partial charge in [0.1, 0.15) is 11.6 Å². The molecule has 2 aromatic carbocycles. The topological polar surface area (TPSA) is 75.3 Å². The fourth-order valence-electron chi connectivity index (χ4n) is 3.37. The minimum Gasteiger partial charge on any atom is -0.508 e. The number of rotatable bonds is 5. The molecule has 0 saturated carbocycles. The van der Waals surface area contributed by atoms with Gasteiger partial charge in [-0.25, -0.2) is 4.98 Å². The largest absolute Gasteiger partial charge is 0.508 e. The van der Waals surface area contributed by atoms with Crippen LogP contribution in [0.5, 0.6) is 5.75 Å². The summed E-state index contributed by atoms with van der Waals surface area (Å²) in [6.07, 6.45) is 5.36. The number of benzene rings is 2. The maximum atomic E-state index is 9.48. The molecule has 5 aromatic rings. The molecule has 0 fully saturated rings. The average molecular weight is 393 g/mol. The molecule has 146 valence electrons. The second-order valence-corrected chi connectivity index (χ2v) is 6.97. The van der Waals surface area contributed by atoms with E-state index in [9.17, 15) is 5.11 Å². The van der Waals surface area contributed by atoms with Gasteiger partial charge in [0.2, 0.25) is 0 Å². The lowest BCUT2D eigenvalue weighted by molar-refractivity contribution is 0.475. The third-order valence-electron chi connectivity index (χ3n) is 4.94. The number of phenols is 1. The summed E-state index contributed by atoms with van der Waals surface area (Å²) < 4.78 is 1.80. The summed E-state index contributed by atoms with van der Waals surface area (Å²) in [5.74, 6) is 1.13. The molecule has 6 heteroatoms. The smallest absolute Gasteiger partial charge is 0.157 e. The standard InChI is InChI=1S/C24H19N5O/c30-21-9-7-19(8-10-21)18-3-5-20(6-4-18)22-14-24(29-23(28-22)11-13-27-29)26-16-17-2-1-12-25-15-17/h1-15,26,30H,16H2. The Morgan fingerprint density at radius 2 is 1.57 bits per heavy atom. The Hall–Kier alpha value is -4.19. The first-order valence-electron chi connectivity index (χ1n) is 9.64. The number of phenolic OH excluding ortho intramolecular Hbond substituents is 1. The first kappa shape index (κ1) is 17.9. The Labute approximate surface area is 173 Å². The molecular weight excluding hydrogens is 374 g/mol. The van der Waals surface area contributed by atoms with Crippen molar-refractivity contribution >= 4 is 11.5 Å². The van der Waals surface area contributed by atoms with Crippen molar-refractivity contribution in [1.29, 1.82) is 0 Å². The van der Waals surface area contributed by atoms with Gasteiger partial charge in [-0.2, -0.15) is 9.61 Å². The number of nitrogens with one attached hydrogen (secondary N) is 1. The van der Waals surface area contributed by atoms with E-state index in [0.717, 1.165) is 39.4 Å². The molecule has 0 bridgehead atoms. The molecule has 0 aliphatic rings. The van der Waals surface area contributed by atoms with Crippen LogP contribution in [0.3, 0.4) is 0 Å². The number of anilines is 1. The van der Waals surface area contributed by atoms with Gasteiger partial charge in [0.15, 0.2) is 5.65 Å². The minimum absolute atomic E-state index is 0.264. The predicted molar refractivity (Wildman–Crippen MR) is 117 cm³/mol. The SMILES string of the molecule is Oc1ccc(-c2ccc(-c3cc(NCc4cccnc4)n4nccc4n3)cc2)cc1. The van der Waals surface area contributed by atoms with Crippen LogP contribution in [0.15, 0.2) is 91.4 Å². The summed E-state index contributed by atoms with van der Waals surface area (Å²) in [6, 6.07) is 23.3. The van der Waals surface area contributed by atoms with Gasteiger partial charge < -0.3 is 10.4 Å². The van der Waals surface area contributed by atoms with Gasteiger partial charge >= 0.3 is 0 Å². The van der Waals surface area contributed by atoms with E-state index < -0.39 is 0 Å². The maximum absolute atomic E-state index is 9.48. The summed E-state index contributed by atoms with van der Waals surface area (Å²) >= 11 is 0. The molecule has 3 heterocycles.